The van der Waals surface area contributed by atoms with Crippen molar-refractivity contribution in [1.29, 1.82) is 0 Å². The molecule has 2 heterocycles. The van der Waals surface area contributed by atoms with Crippen LogP contribution in [0.2, 0.25) is 0 Å². The third kappa shape index (κ3) is 4.11. The smallest absolute Gasteiger partial charge is 0.262 e. The minimum atomic E-state index is -4.00. The molecule has 1 aliphatic rings. The highest BCUT2D eigenvalue weighted by molar-refractivity contribution is 7.92. The van der Waals surface area contributed by atoms with Gasteiger partial charge in [-0.2, -0.15) is 0 Å². The van der Waals surface area contributed by atoms with Gasteiger partial charge in [-0.15, -0.1) is 0 Å². The van der Waals surface area contributed by atoms with Crippen LogP contribution in [-0.4, -0.2) is 51.8 Å². The van der Waals surface area contributed by atoms with Crippen molar-refractivity contribution in [1.82, 2.24) is 9.97 Å². The molecule has 1 saturated heterocycles. The van der Waals surface area contributed by atoms with Gasteiger partial charge in [0.25, 0.3) is 10.0 Å². The highest BCUT2D eigenvalue weighted by Crippen LogP contribution is 2.26. The number of ether oxygens (including phenoxy) is 2. The summed E-state index contributed by atoms with van der Waals surface area (Å²) >= 11 is 0. The topological polar surface area (TPSA) is 93.7 Å². The lowest BCUT2D eigenvalue weighted by atomic mass is 10.3. The van der Waals surface area contributed by atoms with Crippen LogP contribution in [0.1, 0.15) is 11.4 Å². The van der Waals surface area contributed by atoms with E-state index in [1.54, 1.807) is 13.8 Å². The fourth-order valence-corrected chi connectivity index (χ4v) is 3.95. The van der Waals surface area contributed by atoms with Crippen molar-refractivity contribution >= 4 is 21.7 Å². The van der Waals surface area contributed by atoms with Crippen LogP contribution in [-0.2, 0) is 14.8 Å². The number of benzene rings is 1. The number of sulfonamides is 1. The SMILES string of the molecule is COc1ccc(S(=O)(=O)Nc2c(C)nc(N3CCOCC3)nc2C)cc1F. The summed E-state index contributed by atoms with van der Waals surface area (Å²) in [5.74, 6) is -0.251. The van der Waals surface area contributed by atoms with Gasteiger partial charge in [-0.3, -0.25) is 4.72 Å². The molecule has 0 bridgehead atoms. The summed E-state index contributed by atoms with van der Waals surface area (Å²) < 4.78 is 51.8. The molecule has 0 spiro atoms. The Kier molecular flexibility index (Phi) is 5.47. The summed E-state index contributed by atoms with van der Waals surface area (Å²) in [5.41, 5.74) is 1.26. The van der Waals surface area contributed by atoms with Crippen molar-refractivity contribution in [2.75, 3.05) is 43.0 Å². The molecule has 0 aliphatic carbocycles. The second-order valence-corrected chi connectivity index (χ2v) is 7.75. The van der Waals surface area contributed by atoms with E-state index in [9.17, 15) is 12.8 Å². The minimum Gasteiger partial charge on any atom is -0.494 e. The molecule has 1 aromatic carbocycles. The molecule has 0 atom stereocenters. The van der Waals surface area contributed by atoms with Crippen LogP contribution in [0.15, 0.2) is 23.1 Å². The molecule has 1 aromatic heterocycles. The third-order valence-corrected chi connectivity index (χ3v) is 5.57. The molecule has 1 aliphatic heterocycles. The molecule has 8 nitrogen and oxygen atoms in total. The predicted molar refractivity (Wildman–Crippen MR) is 98.3 cm³/mol. The van der Waals surface area contributed by atoms with Crippen LogP contribution in [0.3, 0.4) is 0 Å². The maximum atomic E-state index is 13.9. The summed E-state index contributed by atoms with van der Waals surface area (Å²) in [6.07, 6.45) is 0. The van der Waals surface area contributed by atoms with Gasteiger partial charge in [0.2, 0.25) is 5.95 Å². The summed E-state index contributed by atoms with van der Waals surface area (Å²) in [5, 5.41) is 0. The summed E-state index contributed by atoms with van der Waals surface area (Å²) in [6, 6.07) is 3.45. The number of anilines is 2. The Morgan fingerprint density at radius 3 is 2.37 bits per heavy atom. The van der Waals surface area contributed by atoms with Crippen molar-refractivity contribution in [3.8, 4) is 5.75 Å². The zero-order valence-corrected chi connectivity index (χ0v) is 16.1. The summed E-state index contributed by atoms with van der Waals surface area (Å²) in [6.45, 7) is 5.94. The lowest BCUT2D eigenvalue weighted by Gasteiger charge is -2.27. The number of nitrogens with one attached hydrogen (secondary N) is 1. The number of aryl methyl sites for hydroxylation is 2. The molecule has 2 aromatic rings. The monoisotopic (exact) mass is 396 g/mol. The van der Waals surface area contributed by atoms with E-state index in [4.69, 9.17) is 9.47 Å². The summed E-state index contributed by atoms with van der Waals surface area (Å²) in [4.78, 5) is 10.6. The molecule has 0 saturated carbocycles. The highest BCUT2D eigenvalue weighted by atomic mass is 32.2. The number of morpholine rings is 1. The fraction of sp³-hybridized carbons (Fsp3) is 0.412. The molecule has 0 radical (unpaired) electrons. The average Bonchev–Trinajstić information content (AvgIpc) is 2.65. The lowest BCUT2D eigenvalue weighted by molar-refractivity contribution is 0.122. The number of aromatic nitrogens is 2. The van der Waals surface area contributed by atoms with Crippen LogP contribution in [0.25, 0.3) is 0 Å². The molecular weight excluding hydrogens is 375 g/mol. The fourth-order valence-electron chi connectivity index (χ4n) is 2.76. The van der Waals surface area contributed by atoms with E-state index in [0.717, 1.165) is 6.07 Å². The number of methoxy groups -OCH3 is 1. The van der Waals surface area contributed by atoms with E-state index in [2.05, 4.69) is 14.7 Å². The van der Waals surface area contributed by atoms with Crippen molar-refractivity contribution in [2.45, 2.75) is 18.7 Å². The van der Waals surface area contributed by atoms with E-state index in [0.29, 0.717) is 43.6 Å². The van der Waals surface area contributed by atoms with Crippen LogP contribution in [0, 0.1) is 19.7 Å². The third-order valence-electron chi connectivity index (χ3n) is 4.22. The molecule has 0 unspecified atom stereocenters. The minimum absolute atomic E-state index is 0.0282. The summed E-state index contributed by atoms with van der Waals surface area (Å²) in [7, 11) is -2.69. The van der Waals surface area contributed by atoms with Gasteiger partial charge in [-0.05, 0) is 32.0 Å². The van der Waals surface area contributed by atoms with Gasteiger partial charge in [-0.1, -0.05) is 0 Å². The molecule has 0 amide bonds. The molecule has 27 heavy (non-hydrogen) atoms. The van der Waals surface area contributed by atoms with Crippen molar-refractivity contribution in [3.63, 3.8) is 0 Å². The molecule has 3 rings (SSSR count). The zero-order chi connectivity index (χ0) is 19.6. The van der Waals surface area contributed by atoms with Gasteiger partial charge < -0.3 is 14.4 Å². The van der Waals surface area contributed by atoms with Crippen LogP contribution in [0.5, 0.6) is 5.75 Å². The van der Waals surface area contributed by atoms with Gasteiger partial charge >= 0.3 is 0 Å². The van der Waals surface area contributed by atoms with Gasteiger partial charge in [0.05, 0.1) is 42.3 Å². The molecule has 10 heteroatoms. The highest BCUT2D eigenvalue weighted by Gasteiger charge is 2.22. The van der Waals surface area contributed by atoms with Crippen molar-refractivity contribution in [3.05, 3.63) is 35.4 Å². The predicted octanol–water partition coefficient (Wildman–Crippen LogP) is 1.88. The Labute approximate surface area is 157 Å². The van der Waals surface area contributed by atoms with E-state index in [1.807, 2.05) is 4.90 Å². The number of rotatable bonds is 5. The van der Waals surface area contributed by atoms with Gasteiger partial charge in [0.1, 0.15) is 0 Å². The lowest BCUT2D eigenvalue weighted by Crippen LogP contribution is -2.37. The maximum Gasteiger partial charge on any atom is 0.262 e. The van der Waals surface area contributed by atoms with E-state index in [1.165, 1.54) is 19.2 Å². The zero-order valence-electron chi connectivity index (χ0n) is 15.3. The largest absolute Gasteiger partial charge is 0.494 e. The van der Waals surface area contributed by atoms with Gasteiger partial charge in [-0.25, -0.2) is 22.8 Å². The molecule has 1 N–H and O–H groups in total. The van der Waals surface area contributed by atoms with Gasteiger partial charge in [0.15, 0.2) is 11.6 Å². The molecule has 146 valence electrons. The van der Waals surface area contributed by atoms with E-state index < -0.39 is 15.8 Å². The first kappa shape index (κ1) is 19.3. The second-order valence-electron chi connectivity index (χ2n) is 6.07. The first-order chi connectivity index (χ1) is 12.8. The standard InChI is InChI=1S/C17H21FN4O4S/c1-11-16(12(2)20-17(19-11)22-6-8-26-9-7-22)21-27(23,24)13-4-5-15(25-3)14(18)10-13/h4-5,10,21H,6-9H2,1-3H3. The Bertz CT molecular complexity index is 923. The number of nitrogens with zero attached hydrogens (tertiary/aromatic N) is 3. The molecule has 1 fully saturated rings. The van der Waals surface area contributed by atoms with E-state index in [-0.39, 0.29) is 16.3 Å². The Morgan fingerprint density at radius 1 is 1.19 bits per heavy atom. The maximum absolute atomic E-state index is 13.9. The average molecular weight is 396 g/mol. The Hall–Kier alpha value is -2.46. The van der Waals surface area contributed by atoms with Gasteiger partial charge in [0, 0.05) is 13.1 Å². The van der Waals surface area contributed by atoms with Crippen LogP contribution in [0.4, 0.5) is 16.0 Å². The number of hydrogen-bond acceptors (Lipinski definition) is 7. The molecular formula is C17H21FN4O4S. The Morgan fingerprint density at radius 2 is 1.81 bits per heavy atom. The van der Waals surface area contributed by atoms with Crippen molar-refractivity contribution < 1.29 is 22.3 Å². The Balaban J connectivity index is 1.89. The quantitative estimate of drug-likeness (QED) is 0.825. The normalized spacial score (nSPS) is 14.9. The first-order valence-corrected chi connectivity index (χ1v) is 9.84. The van der Waals surface area contributed by atoms with E-state index >= 15 is 0 Å². The number of hydrogen-bond donors (Lipinski definition) is 1. The first-order valence-electron chi connectivity index (χ1n) is 8.36. The number of halogens is 1. The van der Waals surface area contributed by atoms with Crippen LogP contribution >= 0.6 is 0 Å². The van der Waals surface area contributed by atoms with Crippen LogP contribution < -0.4 is 14.4 Å². The second kappa shape index (κ2) is 7.65. The van der Waals surface area contributed by atoms with Crippen molar-refractivity contribution in [2.24, 2.45) is 0 Å².